The molecular weight excluding hydrogens is 316 g/mol. The fourth-order valence-electron chi connectivity index (χ4n) is 1.47. The van der Waals surface area contributed by atoms with Crippen molar-refractivity contribution in [1.29, 1.82) is 0 Å². The second-order valence-corrected chi connectivity index (χ2v) is 4.49. The van der Waals surface area contributed by atoms with Crippen molar-refractivity contribution in [1.82, 2.24) is 0 Å². The first-order valence-corrected chi connectivity index (χ1v) is 7.54. The van der Waals surface area contributed by atoms with Crippen molar-refractivity contribution in [2.45, 2.75) is 6.10 Å². The Hall–Kier alpha value is -1.77. The summed E-state index contributed by atoms with van der Waals surface area (Å²) in [5, 5.41) is 25.9. The summed E-state index contributed by atoms with van der Waals surface area (Å²) in [5.74, 6) is -0.981. The molecule has 0 aromatic heterocycles. The first-order chi connectivity index (χ1) is 11.6. The van der Waals surface area contributed by atoms with Crippen LogP contribution in [-0.4, -0.2) is 67.5 Å². The van der Waals surface area contributed by atoms with Crippen LogP contribution in [0.1, 0.15) is 11.7 Å². The number of hydrogen-bond acceptors (Lipinski definition) is 6. The number of rotatable bonds is 12. The summed E-state index contributed by atoms with van der Waals surface area (Å²) < 4.78 is 15.6. The lowest BCUT2D eigenvalue weighted by atomic mass is 10.1. The van der Waals surface area contributed by atoms with Gasteiger partial charge in [0.15, 0.2) is 0 Å². The Bertz CT molecular complexity index is 422. The Labute approximate surface area is 142 Å². The maximum absolute atomic E-state index is 9.81. The molecule has 1 rings (SSSR count). The average molecular weight is 342 g/mol. The highest BCUT2D eigenvalue weighted by Gasteiger charge is 2.06. The van der Waals surface area contributed by atoms with Crippen LogP contribution in [0.2, 0.25) is 0 Å². The van der Waals surface area contributed by atoms with Gasteiger partial charge < -0.3 is 29.5 Å². The van der Waals surface area contributed by atoms with Crippen LogP contribution in [0.5, 0.6) is 0 Å². The molecule has 0 heterocycles. The fourth-order valence-corrected chi connectivity index (χ4v) is 1.47. The summed E-state index contributed by atoms with van der Waals surface area (Å²) >= 11 is 0. The molecule has 1 unspecified atom stereocenters. The van der Waals surface area contributed by atoms with Gasteiger partial charge in [-0.05, 0) is 5.56 Å². The van der Waals surface area contributed by atoms with Crippen LogP contribution in [0, 0.1) is 0 Å². The van der Waals surface area contributed by atoms with E-state index >= 15 is 0 Å². The topological polar surface area (TPSA) is 105 Å². The van der Waals surface area contributed by atoms with Gasteiger partial charge >= 0.3 is 5.97 Å². The third kappa shape index (κ3) is 13.9. The number of aliphatic hydroxyl groups excluding tert-OH is 2. The van der Waals surface area contributed by atoms with Gasteiger partial charge in [-0.1, -0.05) is 36.9 Å². The summed E-state index contributed by atoms with van der Waals surface area (Å²) in [6, 6.07) is 9.40. The monoisotopic (exact) mass is 342 g/mol. The second kappa shape index (κ2) is 16.1. The predicted octanol–water partition coefficient (Wildman–Crippen LogP) is 1.02. The van der Waals surface area contributed by atoms with Crippen LogP contribution in [0.15, 0.2) is 43.0 Å². The van der Waals surface area contributed by atoms with E-state index in [-0.39, 0.29) is 13.2 Å². The van der Waals surface area contributed by atoms with E-state index in [9.17, 15) is 9.90 Å². The molecule has 136 valence electrons. The van der Waals surface area contributed by atoms with Gasteiger partial charge in [-0.25, -0.2) is 4.79 Å². The van der Waals surface area contributed by atoms with Crippen molar-refractivity contribution in [2.24, 2.45) is 0 Å². The zero-order valence-corrected chi connectivity index (χ0v) is 13.7. The standard InChI is InChI=1S/C14H22O5.C3H4O2/c15-6-7-17-8-9-18-10-11-19-12-14(16)13-4-2-1-3-5-13;1-2-3(4)5/h1-5,14-16H,6-12H2;2H,1H2,(H,4,5). The lowest BCUT2D eigenvalue weighted by Gasteiger charge is -2.11. The van der Waals surface area contributed by atoms with E-state index in [0.29, 0.717) is 33.0 Å². The molecular formula is C17H26O7. The number of carbonyl (C=O) groups is 1. The largest absolute Gasteiger partial charge is 0.478 e. The molecule has 0 aliphatic heterocycles. The van der Waals surface area contributed by atoms with E-state index in [0.717, 1.165) is 11.6 Å². The van der Waals surface area contributed by atoms with Crippen molar-refractivity contribution in [2.75, 3.05) is 46.2 Å². The fraction of sp³-hybridized carbons (Fsp3) is 0.471. The third-order valence-corrected chi connectivity index (χ3v) is 2.61. The summed E-state index contributed by atoms with van der Waals surface area (Å²) in [5.41, 5.74) is 0.848. The molecule has 0 amide bonds. The number of carboxylic acid groups (broad SMARTS) is 1. The first-order valence-electron chi connectivity index (χ1n) is 7.54. The molecule has 0 fully saturated rings. The third-order valence-electron chi connectivity index (χ3n) is 2.61. The quantitative estimate of drug-likeness (QED) is 0.385. The molecule has 7 nitrogen and oxygen atoms in total. The van der Waals surface area contributed by atoms with Crippen molar-refractivity contribution in [3.8, 4) is 0 Å². The van der Waals surface area contributed by atoms with Crippen molar-refractivity contribution >= 4 is 5.97 Å². The average Bonchev–Trinajstić information content (AvgIpc) is 2.61. The SMILES string of the molecule is C=CC(=O)O.OCCOCCOCCOCC(O)c1ccccc1. The molecule has 0 spiro atoms. The highest BCUT2D eigenvalue weighted by molar-refractivity contribution is 5.78. The lowest BCUT2D eigenvalue weighted by molar-refractivity contribution is -0.131. The van der Waals surface area contributed by atoms with E-state index in [2.05, 4.69) is 6.58 Å². The zero-order chi connectivity index (χ0) is 18.0. The summed E-state index contributed by atoms with van der Waals surface area (Å²) in [4.78, 5) is 9.25. The minimum absolute atomic E-state index is 0.0283. The molecule has 3 N–H and O–H groups in total. The first kappa shape index (κ1) is 22.2. The summed E-state index contributed by atoms with van der Waals surface area (Å²) in [6.07, 6.45) is 0.231. The molecule has 1 aromatic carbocycles. The lowest BCUT2D eigenvalue weighted by Crippen LogP contribution is -2.13. The van der Waals surface area contributed by atoms with Gasteiger partial charge in [0.05, 0.1) is 46.2 Å². The van der Waals surface area contributed by atoms with Crippen molar-refractivity contribution < 1.29 is 34.3 Å². The molecule has 0 saturated carbocycles. The summed E-state index contributed by atoms with van der Waals surface area (Å²) in [6.45, 7) is 5.42. The van der Waals surface area contributed by atoms with Gasteiger partial charge in [0.2, 0.25) is 0 Å². The Kier molecular flexibility index (Phi) is 14.9. The molecule has 0 radical (unpaired) electrons. The molecule has 24 heavy (non-hydrogen) atoms. The molecule has 0 saturated heterocycles. The summed E-state index contributed by atoms with van der Waals surface area (Å²) in [7, 11) is 0. The smallest absolute Gasteiger partial charge is 0.327 e. The maximum atomic E-state index is 9.81. The van der Waals surface area contributed by atoms with E-state index in [1.165, 1.54) is 0 Å². The molecule has 7 heteroatoms. The molecule has 1 atom stereocenters. The molecule has 1 aromatic rings. The molecule has 0 aliphatic carbocycles. The van der Waals surface area contributed by atoms with Gasteiger partial charge in [0, 0.05) is 6.08 Å². The predicted molar refractivity (Wildman–Crippen MR) is 88.8 cm³/mol. The number of hydrogen-bond donors (Lipinski definition) is 3. The Morgan fingerprint density at radius 1 is 1.04 bits per heavy atom. The van der Waals surface area contributed by atoms with Gasteiger partial charge in [-0.3, -0.25) is 0 Å². The van der Waals surface area contributed by atoms with Crippen LogP contribution in [-0.2, 0) is 19.0 Å². The van der Waals surface area contributed by atoms with E-state index < -0.39 is 12.1 Å². The number of aliphatic carboxylic acids is 1. The van der Waals surface area contributed by atoms with Crippen molar-refractivity contribution in [3.63, 3.8) is 0 Å². The van der Waals surface area contributed by atoms with Gasteiger partial charge in [-0.15, -0.1) is 0 Å². The van der Waals surface area contributed by atoms with E-state index in [1.807, 2.05) is 30.3 Å². The minimum Gasteiger partial charge on any atom is -0.478 e. The van der Waals surface area contributed by atoms with Crippen LogP contribution < -0.4 is 0 Å². The normalized spacial score (nSPS) is 11.2. The zero-order valence-electron chi connectivity index (χ0n) is 13.7. The van der Waals surface area contributed by atoms with E-state index in [1.54, 1.807) is 0 Å². The van der Waals surface area contributed by atoms with Crippen molar-refractivity contribution in [3.05, 3.63) is 48.6 Å². The van der Waals surface area contributed by atoms with Crippen LogP contribution in [0.3, 0.4) is 0 Å². The number of benzene rings is 1. The number of ether oxygens (including phenoxy) is 3. The maximum Gasteiger partial charge on any atom is 0.327 e. The second-order valence-electron chi connectivity index (χ2n) is 4.49. The van der Waals surface area contributed by atoms with E-state index in [4.69, 9.17) is 24.4 Å². The number of aliphatic hydroxyl groups is 2. The van der Waals surface area contributed by atoms with Gasteiger partial charge in [0.25, 0.3) is 0 Å². The Balaban J connectivity index is 0.000000922. The van der Waals surface area contributed by atoms with Crippen LogP contribution in [0.25, 0.3) is 0 Å². The van der Waals surface area contributed by atoms with Crippen LogP contribution in [0.4, 0.5) is 0 Å². The van der Waals surface area contributed by atoms with Gasteiger partial charge in [0.1, 0.15) is 6.10 Å². The number of carboxylic acids is 1. The molecule has 0 aliphatic rings. The Morgan fingerprint density at radius 2 is 1.54 bits per heavy atom. The highest BCUT2D eigenvalue weighted by atomic mass is 16.5. The molecule has 0 bridgehead atoms. The minimum atomic E-state index is -0.981. The van der Waals surface area contributed by atoms with Crippen LogP contribution >= 0.6 is 0 Å². The highest BCUT2D eigenvalue weighted by Crippen LogP contribution is 2.11. The van der Waals surface area contributed by atoms with Gasteiger partial charge in [-0.2, -0.15) is 0 Å². The Morgan fingerprint density at radius 3 is 2.04 bits per heavy atom.